The second kappa shape index (κ2) is 8.78. The monoisotopic (exact) mass is 346 g/mol. The van der Waals surface area contributed by atoms with Gasteiger partial charge in [0.05, 0.1) is 25.9 Å². The summed E-state index contributed by atoms with van der Waals surface area (Å²) < 4.78 is 30.3. The van der Waals surface area contributed by atoms with Crippen molar-refractivity contribution in [3.05, 3.63) is 30.3 Å². The van der Waals surface area contributed by atoms with Crippen LogP contribution in [0, 0.1) is 0 Å². The molecule has 2 saturated heterocycles. The Morgan fingerprint density at radius 3 is 2.39 bits per heavy atom. The van der Waals surface area contributed by atoms with E-state index in [0.29, 0.717) is 19.6 Å². The molecule has 2 aliphatic rings. The van der Waals surface area contributed by atoms with E-state index in [1.54, 1.807) is 0 Å². The fourth-order valence-corrected chi connectivity index (χ4v) is 2.48. The second-order valence-electron chi connectivity index (χ2n) is 5.36. The summed E-state index contributed by atoms with van der Waals surface area (Å²) >= 11 is 0. The maximum absolute atomic E-state index is 10.6. The molecule has 2 aliphatic heterocycles. The van der Waals surface area contributed by atoms with Crippen LogP contribution in [0.5, 0.6) is 5.75 Å². The van der Waals surface area contributed by atoms with Gasteiger partial charge in [-0.1, -0.05) is 25.1 Å². The normalized spacial score (nSPS) is 23.4. The van der Waals surface area contributed by atoms with Gasteiger partial charge in [0.1, 0.15) is 18.0 Å². The average molecular weight is 346 g/mol. The number of hydrogen-bond acceptors (Lipinski definition) is 5. The molecule has 130 valence electrons. The fraction of sp³-hybridized carbons (Fsp3) is 0.600. The molecule has 0 radical (unpaired) electrons. The molecule has 2 heterocycles. The summed E-state index contributed by atoms with van der Waals surface area (Å²) in [6.45, 7) is 4.07. The van der Waals surface area contributed by atoms with Gasteiger partial charge in [-0.25, -0.2) is 4.57 Å². The average Bonchev–Trinajstić information content (AvgIpc) is 3.37. The van der Waals surface area contributed by atoms with Crippen LogP contribution in [0.4, 0.5) is 0 Å². The topological polar surface area (TPSA) is 101 Å². The summed E-state index contributed by atoms with van der Waals surface area (Å²) in [4.78, 5) is 17.2. The molecule has 3 atom stereocenters. The van der Waals surface area contributed by atoms with E-state index in [9.17, 15) is 4.57 Å². The van der Waals surface area contributed by atoms with E-state index < -0.39 is 13.9 Å². The molecular formula is C15H23O7P. The highest BCUT2D eigenvalue weighted by Crippen LogP contribution is 2.42. The zero-order valence-electron chi connectivity index (χ0n) is 13.0. The molecule has 0 aliphatic carbocycles. The molecule has 0 aromatic heterocycles. The molecule has 23 heavy (non-hydrogen) atoms. The largest absolute Gasteiger partial charge is 0.494 e. The van der Waals surface area contributed by atoms with Crippen LogP contribution < -0.4 is 4.74 Å². The first-order valence-electron chi connectivity index (χ1n) is 7.63. The van der Waals surface area contributed by atoms with Crippen molar-refractivity contribution in [2.45, 2.75) is 38.1 Å². The Bertz CT molecular complexity index is 496. The van der Waals surface area contributed by atoms with Crippen LogP contribution in [0.1, 0.15) is 19.8 Å². The van der Waals surface area contributed by atoms with Gasteiger partial charge in [-0.2, -0.15) is 0 Å². The standard InChI is InChI=1S/C9H12O.C6H11O6P/c1-2-8-10-9-6-4-3-5-7-9;7-13(8,9)12-5(6-3-11-6)1-4-2-10-4/h3-7H,2,8H2,1H3;4-6H,1-3H2,(H2,7,8,9). The van der Waals surface area contributed by atoms with Crippen molar-refractivity contribution in [1.29, 1.82) is 0 Å². The molecule has 2 N–H and O–H groups in total. The number of hydrogen-bond donors (Lipinski definition) is 2. The van der Waals surface area contributed by atoms with Crippen molar-refractivity contribution >= 4 is 7.82 Å². The fourth-order valence-electron chi connectivity index (χ4n) is 1.91. The first kappa shape index (κ1) is 18.4. The smallest absolute Gasteiger partial charge is 0.469 e. The van der Waals surface area contributed by atoms with E-state index >= 15 is 0 Å². The highest BCUT2D eigenvalue weighted by molar-refractivity contribution is 7.46. The number of rotatable bonds is 8. The zero-order valence-corrected chi connectivity index (χ0v) is 13.9. The van der Waals surface area contributed by atoms with Gasteiger partial charge in [0.25, 0.3) is 0 Å². The third kappa shape index (κ3) is 8.46. The van der Waals surface area contributed by atoms with Crippen LogP contribution in [0.25, 0.3) is 0 Å². The zero-order chi connectivity index (χ0) is 16.7. The van der Waals surface area contributed by atoms with Gasteiger partial charge in [0.2, 0.25) is 0 Å². The molecule has 0 amide bonds. The maximum Gasteiger partial charge on any atom is 0.469 e. The molecule has 3 unspecified atom stereocenters. The van der Waals surface area contributed by atoms with E-state index in [2.05, 4.69) is 11.4 Å². The minimum atomic E-state index is -4.40. The van der Waals surface area contributed by atoms with Crippen molar-refractivity contribution in [3.63, 3.8) is 0 Å². The van der Waals surface area contributed by atoms with E-state index in [1.807, 2.05) is 30.3 Å². The molecule has 0 bridgehead atoms. The van der Waals surface area contributed by atoms with E-state index in [-0.39, 0.29) is 12.2 Å². The number of ether oxygens (including phenoxy) is 3. The number of phosphoric acid groups is 1. The van der Waals surface area contributed by atoms with Gasteiger partial charge >= 0.3 is 7.82 Å². The minimum Gasteiger partial charge on any atom is -0.494 e. The van der Waals surface area contributed by atoms with Crippen LogP contribution in [-0.4, -0.2) is 47.9 Å². The van der Waals surface area contributed by atoms with Gasteiger partial charge in [-0.15, -0.1) is 0 Å². The van der Waals surface area contributed by atoms with Gasteiger partial charge < -0.3 is 24.0 Å². The molecule has 7 nitrogen and oxygen atoms in total. The van der Waals surface area contributed by atoms with E-state index in [0.717, 1.165) is 18.8 Å². The molecule has 2 fully saturated rings. The Balaban J connectivity index is 0.000000174. The highest BCUT2D eigenvalue weighted by Gasteiger charge is 2.41. The maximum atomic E-state index is 10.6. The first-order valence-corrected chi connectivity index (χ1v) is 9.16. The highest BCUT2D eigenvalue weighted by atomic mass is 31.2. The predicted molar refractivity (Wildman–Crippen MR) is 83.2 cm³/mol. The van der Waals surface area contributed by atoms with Crippen LogP contribution in [0.3, 0.4) is 0 Å². The third-order valence-electron chi connectivity index (χ3n) is 3.16. The molecule has 0 spiro atoms. The lowest BCUT2D eigenvalue weighted by atomic mass is 10.1. The second-order valence-corrected chi connectivity index (χ2v) is 6.55. The molecule has 8 heteroatoms. The summed E-state index contributed by atoms with van der Waals surface area (Å²) in [6.07, 6.45) is 0.941. The molecule has 3 rings (SSSR count). The number of para-hydroxylation sites is 1. The van der Waals surface area contributed by atoms with Crippen molar-refractivity contribution in [2.75, 3.05) is 19.8 Å². The van der Waals surface area contributed by atoms with Gasteiger partial charge in [0, 0.05) is 6.42 Å². The number of benzene rings is 1. The quantitative estimate of drug-likeness (QED) is 0.549. The SMILES string of the molecule is CCCOc1ccccc1.O=P(O)(O)OC(CC1CO1)C1CO1. The lowest BCUT2D eigenvalue weighted by molar-refractivity contribution is 0.0957. The van der Waals surface area contributed by atoms with Crippen LogP contribution in [0.2, 0.25) is 0 Å². The van der Waals surface area contributed by atoms with Crippen molar-refractivity contribution in [1.82, 2.24) is 0 Å². The molecular weight excluding hydrogens is 323 g/mol. The van der Waals surface area contributed by atoms with Crippen LogP contribution >= 0.6 is 7.82 Å². The first-order chi connectivity index (χ1) is 11.0. The summed E-state index contributed by atoms with van der Waals surface area (Å²) in [7, 11) is -4.40. The minimum absolute atomic E-state index is 0.0840. The summed E-state index contributed by atoms with van der Waals surface area (Å²) in [5.74, 6) is 0.962. The van der Waals surface area contributed by atoms with Crippen LogP contribution in [-0.2, 0) is 18.6 Å². The Morgan fingerprint density at radius 2 is 1.91 bits per heavy atom. The lowest BCUT2D eigenvalue weighted by Crippen LogP contribution is -2.20. The Labute approximate surface area is 135 Å². The summed E-state index contributed by atoms with van der Waals surface area (Å²) in [5.41, 5.74) is 0. The van der Waals surface area contributed by atoms with Crippen molar-refractivity contribution in [3.8, 4) is 5.75 Å². The van der Waals surface area contributed by atoms with Crippen molar-refractivity contribution < 1.29 is 33.1 Å². The summed E-state index contributed by atoms with van der Waals surface area (Å²) in [5, 5.41) is 0. The molecule has 1 aromatic rings. The molecule has 1 aromatic carbocycles. The lowest BCUT2D eigenvalue weighted by Gasteiger charge is -2.14. The Hall–Kier alpha value is -0.950. The van der Waals surface area contributed by atoms with E-state index in [4.69, 9.17) is 24.0 Å². The number of epoxide rings is 2. The van der Waals surface area contributed by atoms with Crippen LogP contribution in [0.15, 0.2) is 30.3 Å². The molecule has 0 saturated carbocycles. The third-order valence-corrected chi connectivity index (χ3v) is 3.71. The van der Waals surface area contributed by atoms with Gasteiger partial charge in [0.15, 0.2) is 0 Å². The Kier molecular flexibility index (Phi) is 7.02. The van der Waals surface area contributed by atoms with Crippen molar-refractivity contribution in [2.24, 2.45) is 0 Å². The summed E-state index contributed by atoms with van der Waals surface area (Å²) in [6, 6.07) is 9.88. The van der Waals surface area contributed by atoms with E-state index in [1.165, 1.54) is 0 Å². The predicted octanol–water partition coefficient (Wildman–Crippen LogP) is 2.13. The Morgan fingerprint density at radius 1 is 1.26 bits per heavy atom. The number of phosphoric ester groups is 1. The van der Waals surface area contributed by atoms with Gasteiger partial charge in [-0.3, -0.25) is 4.52 Å². The van der Waals surface area contributed by atoms with Gasteiger partial charge in [-0.05, 0) is 18.6 Å².